The summed E-state index contributed by atoms with van der Waals surface area (Å²) in [7, 11) is -3.73. The van der Waals surface area contributed by atoms with E-state index in [-0.39, 0.29) is 11.4 Å². The summed E-state index contributed by atoms with van der Waals surface area (Å²) in [5, 5.41) is 12.8. The van der Waals surface area contributed by atoms with Crippen molar-refractivity contribution in [1.29, 1.82) is 0 Å². The molecule has 0 aromatic carbocycles. The highest BCUT2D eigenvalue weighted by molar-refractivity contribution is 7.88. The lowest BCUT2D eigenvalue weighted by Crippen LogP contribution is -2.57. The third kappa shape index (κ3) is 3.57. The number of nitrogens with one attached hydrogen (secondary N) is 1. The maximum atomic E-state index is 12.1. The molecule has 1 aromatic rings. The van der Waals surface area contributed by atoms with Gasteiger partial charge in [0.05, 0.1) is 5.41 Å². The molecule has 8 heteroatoms. The maximum Gasteiger partial charge on any atom is 0.310 e. The van der Waals surface area contributed by atoms with Crippen LogP contribution >= 0.6 is 0 Å². The molecular formula is C12H20N2O5S. The topological polar surface area (TPSA) is 110 Å². The van der Waals surface area contributed by atoms with Gasteiger partial charge in [-0.2, -0.15) is 0 Å². The van der Waals surface area contributed by atoms with Crippen LogP contribution in [0.4, 0.5) is 0 Å². The first kappa shape index (κ1) is 16.6. The number of carbonyl (C=O) groups is 1. The Kier molecular flexibility index (Phi) is 4.31. The SMILES string of the molecule is Cc1cc(CS(=O)(=O)NC(C)(C)C(C)(C)C(=O)O)no1. The number of rotatable bonds is 6. The van der Waals surface area contributed by atoms with Crippen LogP contribution in [-0.4, -0.2) is 30.2 Å². The second-order valence-electron chi connectivity index (χ2n) is 5.85. The Morgan fingerprint density at radius 3 is 2.35 bits per heavy atom. The summed E-state index contributed by atoms with van der Waals surface area (Å²) < 4.78 is 31.4. The first-order valence-electron chi connectivity index (χ1n) is 6.05. The van der Waals surface area contributed by atoms with Gasteiger partial charge in [-0.3, -0.25) is 4.79 Å². The number of carboxylic acids is 1. The van der Waals surface area contributed by atoms with Gasteiger partial charge < -0.3 is 9.63 Å². The fourth-order valence-electron chi connectivity index (χ4n) is 1.50. The number of hydrogen-bond donors (Lipinski definition) is 2. The van der Waals surface area contributed by atoms with Gasteiger partial charge in [-0.1, -0.05) is 5.16 Å². The molecule has 7 nitrogen and oxygen atoms in total. The van der Waals surface area contributed by atoms with Crippen molar-refractivity contribution in [2.75, 3.05) is 0 Å². The number of nitrogens with zero attached hydrogens (tertiary/aromatic N) is 1. The largest absolute Gasteiger partial charge is 0.481 e. The second-order valence-corrected chi connectivity index (χ2v) is 7.57. The molecule has 0 aliphatic carbocycles. The molecule has 0 amide bonds. The zero-order valence-corrected chi connectivity index (χ0v) is 13.0. The van der Waals surface area contributed by atoms with Crippen molar-refractivity contribution in [1.82, 2.24) is 9.88 Å². The second kappa shape index (κ2) is 5.17. The van der Waals surface area contributed by atoms with Gasteiger partial charge in [0.2, 0.25) is 10.0 Å². The molecule has 0 radical (unpaired) electrons. The summed E-state index contributed by atoms with van der Waals surface area (Å²) in [4.78, 5) is 11.3. The van der Waals surface area contributed by atoms with E-state index >= 15 is 0 Å². The first-order chi connectivity index (χ1) is 8.87. The van der Waals surface area contributed by atoms with Gasteiger partial charge in [-0.25, -0.2) is 13.1 Å². The Bertz CT molecular complexity index is 601. The molecule has 0 bridgehead atoms. The lowest BCUT2D eigenvalue weighted by Gasteiger charge is -2.38. The number of aliphatic carboxylic acids is 1. The fourth-order valence-corrected chi connectivity index (χ4v) is 3.13. The summed E-state index contributed by atoms with van der Waals surface area (Å²) in [5.74, 6) is -0.925. The number of carboxylic acid groups (broad SMARTS) is 1. The molecule has 0 spiro atoms. The molecule has 2 N–H and O–H groups in total. The molecule has 1 aromatic heterocycles. The normalized spacial score (nSPS) is 13.4. The van der Waals surface area contributed by atoms with E-state index in [1.54, 1.807) is 6.92 Å². The molecule has 1 rings (SSSR count). The Labute approximate surface area is 118 Å². The van der Waals surface area contributed by atoms with Gasteiger partial charge in [0.15, 0.2) is 0 Å². The van der Waals surface area contributed by atoms with Crippen LogP contribution in [0.25, 0.3) is 0 Å². The van der Waals surface area contributed by atoms with E-state index in [1.807, 2.05) is 0 Å². The van der Waals surface area contributed by atoms with E-state index in [9.17, 15) is 18.3 Å². The standard InChI is InChI=1S/C12H20N2O5S/c1-8-6-9(13-19-8)7-20(17,18)14-12(4,5)11(2,3)10(15)16/h6,14H,7H2,1-5H3,(H,15,16). The van der Waals surface area contributed by atoms with Crippen LogP contribution < -0.4 is 4.72 Å². The van der Waals surface area contributed by atoms with Gasteiger partial charge in [0.25, 0.3) is 0 Å². The first-order valence-corrected chi connectivity index (χ1v) is 7.70. The Morgan fingerprint density at radius 2 is 1.95 bits per heavy atom. The fraction of sp³-hybridized carbons (Fsp3) is 0.667. The van der Waals surface area contributed by atoms with E-state index in [1.165, 1.54) is 33.8 Å². The minimum Gasteiger partial charge on any atom is -0.481 e. The van der Waals surface area contributed by atoms with Crippen molar-refractivity contribution in [2.45, 2.75) is 45.9 Å². The van der Waals surface area contributed by atoms with Gasteiger partial charge in [-0.15, -0.1) is 0 Å². The number of aryl methyl sites for hydroxylation is 1. The van der Waals surface area contributed by atoms with Crippen LogP contribution in [0.3, 0.4) is 0 Å². The van der Waals surface area contributed by atoms with Crippen molar-refractivity contribution in [2.24, 2.45) is 5.41 Å². The molecule has 20 heavy (non-hydrogen) atoms. The summed E-state index contributed by atoms with van der Waals surface area (Å²) in [6.07, 6.45) is 0. The predicted molar refractivity (Wildman–Crippen MR) is 72.5 cm³/mol. The third-order valence-electron chi connectivity index (χ3n) is 3.52. The van der Waals surface area contributed by atoms with Gasteiger partial charge >= 0.3 is 5.97 Å². The summed E-state index contributed by atoms with van der Waals surface area (Å²) in [5.41, 5.74) is -2.14. The maximum absolute atomic E-state index is 12.1. The number of hydrogen-bond acceptors (Lipinski definition) is 5. The van der Waals surface area contributed by atoms with Gasteiger partial charge in [0, 0.05) is 11.6 Å². The van der Waals surface area contributed by atoms with E-state index in [0.29, 0.717) is 5.76 Å². The average Bonchev–Trinajstić information content (AvgIpc) is 2.60. The molecule has 0 atom stereocenters. The quantitative estimate of drug-likeness (QED) is 0.819. The molecule has 0 unspecified atom stereocenters. The van der Waals surface area contributed by atoms with Crippen LogP contribution in [0.15, 0.2) is 10.6 Å². The zero-order chi connectivity index (χ0) is 15.8. The minimum atomic E-state index is -3.73. The van der Waals surface area contributed by atoms with Crippen molar-refractivity contribution in [3.8, 4) is 0 Å². The van der Waals surface area contributed by atoms with Crippen molar-refractivity contribution >= 4 is 16.0 Å². The van der Waals surface area contributed by atoms with Gasteiger partial charge in [0.1, 0.15) is 17.2 Å². The molecule has 0 saturated heterocycles. The van der Waals surface area contributed by atoms with E-state index in [4.69, 9.17) is 4.52 Å². The summed E-state index contributed by atoms with van der Waals surface area (Å²) in [6.45, 7) is 7.67. The molecule has 0 aliphatic heterocycles. The monoisotopic (exact) mass is 304 g/mol. The van der Waals surface area contributed by atoms with Crippen molar-refractivity contribution in [3.63, 3.8) is 0 Å². The Morgan fingerprint density at radius 1 is 1.40 bits per heavy atom. The summed E-state index contributed by atoms with van der Waals surface area (Å²) >= 11 is 0. The highest BCUT2D eigenvalue weighted by Gasteiger charge is 2.45. The van der Waals surface area contributed by atoms with Crippen LogP contribution in [0.5, 0.6) is 0 Å². The molecule has 0 saturated carbocycles. The van der Waals surface area contributed by atoms with Crippen molar-refractivity contribution < 1.29 is 22.8 Å². The lowest BCUT2D eigenvalue weighted by molar-refractivity contribution is -0.150. The van der Waals surface area contributed by atoms with Crippen LogP contribution in [0.1, 0.15) is 39.1 Å². The Hall–Kier alpha value is -1.41. The zero-order valence-electron chi connectivity index (χ0n) is 12.2. The number of sulfonamides is 1. The molecule has 0 fully saturated rings. The van der Waals surface area contributed by atoms with Crippen LogP contribution in [0.2, 0.25) is 0 Å². The molecule has 0 aliphatic rings. The summed E-state index contributed by atoms with van der Waals surface area (Å²) in [6, 6.07) is 1.52. The highest BCUT2D eigenvalue weighted by atomic mass is 32.2. The van der Waals surface area contributed by atoms with E-state index in [0.717, 1.165) is 0 Å². The van der Waals surface area contributed by atoms with E-state index < -0.39 is 26.9 Å². The number of aromatic nitrogens is 1. The molecule has 1 heterocycles. The molecule has 114 valence electrons. The van der Waals surface area contributed by atoms with Crippen LogP contribution in [0, 0.1) is 12.3 Å². The van der Waals surface area contributed by atoms with Gasteiger partial charge in [-0.05, 0) is 34.6 Å². The minimum absolute atomic E-state index is 0.277. The molecular weight excluding hydrogens is 284 g/mol. The lowest BCUT2D eigenvalue weighted by atomic mass is 9.75. The highest BCUT2D eigenvalue weighted by Crippen LogP contribution is 2.31. The Balaban J connectivity index is 2.93. The van der Waals surface area contributed by atoms with Crippen molar-refractivity contribution in [3.05, 3.63) is 17.5 Å². The smallest absolute Gasteiger partial charge is 0.310 e. The average molecular weight is 304 g/mol. The third-order valence-corrected chi connectivity index (χ3v) is 5.02. The van der Waals surface area contributed by atoms with E-state index in [2.05, 4.69) is 9.88 Å². The predicted octanol–water partition coefficient (Wildman–Crippen LogP) is 1.29. The van der Waals surface area contributed by atoms with Crippen LogP contribution in [-0.2, 0) is 20.6 Å².